The van der Waals surface area contributed by atoms with E-state index in [0.717, 1.165) is 21.9 Å². The summed E-state index contributed by atoms with van der Waals surface area (Å²) in [5.74, 6) is -4.67. The van der Waals surface area contributed by atoms with Gasteiger partial charge in [0.1, 0.15) is 12.0 Å². The van der Waals surface area contributed by atoms with Gasteiger partial charge in [0, 0.05) is 16.8 Å². The molecule has 1 heterocycles. The number of fused-ring (bicyclic) bond motifs is 2. The van der Waals surface area contributed by atoms with Gasteiger partial charge in [0.25, 0.3) is 5.91 Å². The Morgan fingerprint density at radius 1 is 0.833 bits per heavy atom. The highest BCUT2D eigenvalue weighted by molar-refractivity contribution is 6.45. The van der Waals surface area contributed by atoms with Gasteiger partial charge >= 0.3 is 5.97 Å². The van der Waals surface area contributed by atoms with Crippen molar-refractivity contribution in [1.82, 2.24) is 0 Å². The first kappa shape index (κ1) is 23.2. The number of cyclic esters (lactones) is 1. The number of carbonyl (C=O) groups is 4. The van der Waals surface area contributed by atoms with Gasteiger partial charge in [0.05, 0.1) is 5.56 Å². The van der Waals surface area contributed by atoms with E-state index in [1.807, 2.05) is 44.2 Å². The number of anilines is 1. The van der Waals surface area contributed by atoms with Crippen molar-refractivity contribution in [3.63, 3.8) is 0 Å². The number of amides is 1. The molecule has 4 aromatic rings. The van der Waals surface area contributed by atoms with Gasteiger partial charge in [-0.1, -0.05) is 66.7 Å². The zero-order chi connectivity index (χ0) is 25.4. The van der Waals surface area contributed by atoms with Crippen molar-refractivity contribution in [3.8, 4) is 0 Å². The van der Waals surface area contributed by atoms with E-state index in [2.05, 4.69) is 5.32 Å². The molecule has 0 radical (unpaired) electrons. The molecular weight excluding hydrogens is 454 g/mol. The molecule has 1 aliphatic rings. The van der Waals surface area contributed by atoms with Gasteiger partial charge in [-0.3, -0.25) is 14.4 Å². The normalized spacial score (nSPS) is 15.2. The molecule has 0 saturated heterocycles. The third-order valence-corrected chi connectivity index (χ3v) is 6.70. The molecular formula is C30H23NO5. The van der Waals surface area contributed by atoms with E-state index in [9.17, 15) is 19.2 Å². The number of aryl methyl sites for hydroxylation is 1. The van der Waals surface area contributed by atoms with Gasteiger partial charge in [0.2, 0.25) is 5.78 Å². The monoisotopic (exact) mass is 477 g/mol. The number of benzene rings is 4. The molecule has 1 aliphatic heterocycles. The summed E-state index contributed by atoms with van der Waals surface area (Å²) in [6.07, 6.45) is -1.20. The molecule has 178 valence electrons. The Kier molecular flexibility index (Phi) is 5.94. The van der Waals surface area contributed by atoms with E-state index in [1.54, 1.807) is 54.6 Å². The number of carbonyl (C=O) groups excluding carboxylic acids is 4. The van der Waals surface area contributed by atoms with Gasteiger partial charge in [-0.15, -0.1) is 0 Å². The fraction of sp³-hybridized carbons (Fsp3) is 0.133. The first-order valence-corrected chi connectivity index (χ1v) is 11.6. The standard InChI is InChI=1S/C30H23NO5/c1-17-8-7-13-24(18(17)2)31-29(34)27(33)25(28-22-11-5-6-12-23(22)30(35)36-28)26(32)21-15-14-19-9-3-4-10-20(19)16-21/h3-16,25,28H,1-2H3,(H,31,34)/t25-,28-/m1/s1. The van der Waals surface area contributed by atoms with Crippen LogP contribution < -0.4 is 5.32 Å². The molecule has 0 aromatic heterocycles. The topological polar surface area (TPSA) is 89.5 Å². The number of ketones is 2. The zero-order valence-electron chi connectivity index (χ0n) is 19.8. The van der Waals surface area contributed by atoms with Crippen LogP contribution in [0.15, 0.2) is 84.9 Å². The Balaban J connectivity index is 1.55. The van der Waals surface area contributed by atoms with E-state index in [4.69, 9.17) is 4.74 Å². The average Bonchev–Trinajstić information content (AvgIpc) is 3.22. The second-order valence-corrected chi connectivity index (χ2v) is 8.88. The molecule has 0 unspecified atom stereocenters. The fourth-order valence-electron chi connectivity index (χ4n) is 4.55. The SMILES string of the molecule is Cc1cccc(NC(=O)C(=O)[C@@H](C(=O)c2ccc3ccccc3c2)[C@@H]2OC(=O)c3ccccc32)c1C. The van der Waals surface area contributed by atoms with Gasteiger partial charge in [-0.2, -0.15) is 0 Å². The summed E-state index contributed by atoms with van der Waals surface area (Å²) in [5.41, 5.74) is 3.19. The first-order chi connectivity index (χ1) is 17.3. The molecule has 1 amide bonds. The molecule has 0 spiro atoms. The minimum Gasteiger partial charge on any atom is -0.453 e. The highest BCUT2D eigenvalue weighted by atomic mass is 16.5. The minimum absolute atomic E-state index is 0.256. The third-order valence-electron chi connectivity index (χ3n) is 6.70. The number of hydrogen-bond donors (Lipinski definition) is 1. The van der Waals surface area contributed by atoms with Crippen molar-refractivity contribution in [2.75, 3.05) is 5.32 Å². The highest BCUT2D eigenvalue weighted by Gasteiger charge is 2.46. The lowest BCUT2D eigenvalue weighted by Crippen LogP contribution is -2.38. The lowest BCUT2D eigenvalue weighted by Gasteiger charge is -2.21. The minimum atomic E-state index is -1.54. The third kappa shape index (κ3) is 4.07. The number of hydrogen-bond acceptors (Lipinski definition) is 5. The zero-order valence-corrected chi connectivity index (χ0v) is 19.8. The summed E-state index contributed by atoms with van der Waals surface area (Å²) in [5, 5.41) is 4.40. The van der Waals surface area contributed by atoms with E-state index in [1.165, 1.54) is 0 Å². The van der Waals surface area contributed by atoms with Gasteiger partial charge in [-0.05, 0) is 53.9 Å². The van der Waals surface area contributed by atoms with Crippen LogP contribution in [0.3, 0.4) is 0 Å². The lowest BCUT2D eigenvalue weighted by molar-refractivity contribution is -0.138. The van der Waals surface area contributed by atoms with Crippen molar-refractivity contribution in [2.24, 2.45) is 5.92 Å². The maximum Gasteiger partial charge on any atom is 0.339 e. The van der Waals surface area contributed by atoms with Gasteiger partial charge < -0.3 is 10.1 Å². The first-order valence-electron chi connectivity index (χ1n) is 11.6. The van der Waals surface area contributed by atoms with E-state index < -0.39 is 35.5 Å². The molecule has 1 N–H and O–H groups in total. The van der Waals surface area contributed by atoms with Crippen molar-refractivity contribution < 1.29 is 23.9 Å². The maximum atomic E-state index is 13.8. The van der Waals surface area contributed by atoms with Crippen molar-refractivity contribution in [1.29, 1.82) is 0 Å². The molecule has 0 bridgehead atoms. The summed E-state index contributed by atoms with van der Waals surface area (Å²) in [6, 6.07) is 24.6. The molecule has 36 heavy (non-hydrogen) atoms. The Morgan fingerprint density at radius 3 is 2.36 bits per heavy atom. The van der Waals surface area contributed by atoms with Crippen molar-refractivity contribution >= 4 is 39.9 Å². The molecule has 5 rings (SSSR count). The number of Topliss-reactive ketones (excluding diaryl/α,β-unsaturated/α-hetero) is 2. The Bertz CT molecular complexity index is 1550. The Morgan fingerprint density at radius 2 is 1.56 bits per heavy atom. The Labute approximate surface area is 207 Å². The molecule has 0 fully saturated rings. The summed E-state index contributed by atoms with van der Waals surface area (Å²) in [7, 11) is 0. The molecule has 2 atom stereocenters. The molecule has 4 aromatic carbocycles. The fourth-order valence-corrected chi connectivity index (χ4v) is 4.55. The van der Waals surface area contributed by atoms with Crippen LogP contribution in [0.1, 0.15) is 43.5 Å². The van der Waals surface area contributed by atoms with Crippen LogP contribution in [0, 0.1) is 19.8 Å². The van der Waals surface area contributed by atoms with Crippen molar-refractivity contribution in [2.45, 2.75) is 20.0 Å². The van der Waals surface area contributed by atoms with Gasteiger partial charge in [0.15, 0.2) is 5.78 Å². The lowest BCUT2D eigenvalue weighted by atomic mass is 9.84. The highest BCUT2D eigenvalue weighted by Crippen LogP contribution is 2.38. The quantitative estimate of drug-likeness (QED) is 0.174. The number of esters is 1. The number of ether oxygens (including phenoxy) is 1. The van der Waals surface area contributed by atoms with Crippen molar-refractivity contribution in [3.05, 3.63) is 113 Å². The van der Waals surface area contributed by atoms with Crippen LogP contribution >= 0.6 is 0 Å². The second-order valence-electron chi connectivity index (χ2n) is 8.88. The predicted molar refractivity (Wildman–Crippen MR) is 136 cm³/mol. The second kappa shape index (κ2) is 9.23. The van der Waals surface area contributed by atoms with E-state index in [-0.39, 0.29) is 11.1 Å². The average molecular weight is 478 g/mol. The molecule has 0 saturated carbocycles. The summed E-state index contributed by atoms with van der Waals surface area (Å²) >= 11 is 0. The number of nitrogens with one attached hydrogen (secondary N) is 1. The smallest absolute Gasteiger partial charge is 0.339 e. The molecule has 6 nitrogen and oxygen atoms in total. The van der Waals surface area contributed by atoms with Crippen LogP contribution in [-0.2, 0) is 14.3 Å². The van der Waals surface area contributed by atoms with Crippen LogP contribution in [0.5, 0.6) is 0 Å². The van der Waals surface area contributed by atoms with E-state index >= 15 is 0 Å². The van der Waals surface area contributed by atoms with E-state index in [0.29, 0.717) is 11.3 Å². The predicted octanol–water partition coefficient (Wildman–Crippen LogP) is 5.38. The van der Waals surface area contributed by atoms with Crippen LogP contribution in [0.25, 0.3) is 10.8 Å². The summed E-state index contributed by atoms with van der Waals surface area (Å²) in [4.78, 5) is 53.1. The number of rotatable bonds is 6. The summed E-state index contributed by atoms with van der Waals surface area (Å²) < 4.78 is 5.53. The largest absolute Gasteiger partial charge is 0.453 e. The molecule has 6 heteroatoms. The van der Waals surface area contributed by atoms with Crippen LogP contribution in [0.4, 0.5) is 5.69 Å². The Hall–Kier alpha value is -4.58. The maximum absolute atomic E-state index is 13.8. The van der Waals surface area contributed by atoms with Gasteiger partial charge in [-0.25, -0.2) is 4.79 Å². The van der Waals surface area contributed by atoms with Crippen LogP contribution in [-0.4, -0.2) is 23.4 Å². The summed E-state index contributed by atoms with van der Waals surface area (Å²) in [6.45, 7) is 3.73. The molecule has 0 aliphatic carbocycles. The van der Waals surface area contributed by atoms with Crippen LogP contribution in [0.2, 0.25) is 0 Å².